The molecular weight excluding hydrogens is 531 g/mol. The van der Waals surface area contributed by atoms with E-state index in [4.69, 9.17) is 9.47 Å². The smallest absolute Gasteiger partial charge is 0.191 e. The van der Waals surface area contributed by atoms with E-state index >= 15 is 0 Å². The fourth-order valence-corrected chi connectivity index (χ4v) is 3.52. The second-order valence-electron chi connectivity index (χ2n) is 8.10. The third kappa shape index (κ3) is 9.02. The van der Waals surface area contributed by atoms with Crippen molar-refractivity contribution in [2.75, 3.05) is 44.3 Å². The molecule has 2 aromatic carbocycles. The van der Waals surface area contributed by atoms with Gasteiger partial charge in [0.05, 0.1) is 32.0 Å². The number of hydrogen-bond donors (Lipinski definition) is 3. The Balaban J connectivity index is 0.00000385. The zero-order chi connectivity index (χ0) is 22.8. The Morgan fingerprint density at radius 1 is 1.12 bits per heavy atom. The molecule has 3 rings (SSSR count). The Bertz CT molecular complexity index is 855. The van der Waals surface area contributed by atoms with Crippen molar-refractivity contribution in [1.29, 1.82) is 0 Å². The Morgan fingerprint density at radius 3 is 2.52 bits per heavy atom. The van der Waals surface area contributed by atoms with Crippen LogP contribution in [-0.2, 0) is 11.3 Å². The molecule has 1 atom stereocenters. The lowest BCUT2D eigenvalue weighted by Crippen LogP contribution is -2.39. The number of anilines is 1. The molecule has 0 radical (unpaired) electrons. The number of aliphatic hydroxyl groups excluding tert-OH is 1. The number of morpholine rings is 1. The molecule has 1 saturated heterocycles. The van der Waals surface area contributed by atoms with Gasteiger partial charge in [-0.3, -0.25) is 0 Å². The summed E-state index contributed by atoms with van der Waals surface area (Å²) in [4.78, 5) is 7.01. The van der Waals surface area contributed by atoms with Crippen LogP contribution in [0.1, 0.15) is 38.0 Å². The third-order valence-electron chi connectivity index (χ3n) is 5.15. The van der Waals surface area contributed by atoms with Crippen LogP contribution in [0.2, 0.25) is 0 Å². The van der Waals surface area contributed by atoms with Crippen molar-refractivity contribution in [3.05, 3.63) is 59.7 Å². The summed E-state index contributed by atoms with van der Waals surface area (Å²) in [5, 5.41) is 17.1. The van der Waals surface area contributed by atoms with Gasteiger partial charge in [0.2, 0.25) is 0 Å². The molecule has 3 N–H and O–H groups in total. The van der Waals surface area contributed by atoms with Crippen molar-refractivity contribution in [3.63, 3.8) is 0 Å². The monoisotopic (exact) mass is 568 g/mol. The number of benzene rings is 2. The Kier molecular flexibility index (Phi) is 11.8. The zero-order valence-corrected chi connectivity index (χ0v) is 22.1. The van der Waals surface area contributed by atoms with Crippen LogP contribution < -0.4 is 20.3 Å². The fraction of sp³-hybridized carbons (Fsp3) is 0.480. The van der Waals surface area contributed by atoms with E-state index in [2.05, 4.69) is 44.8 Å². The second kappa shape index (κ2) is 14.3. The number of nitrogens with one attached hydrogen (secondary N) is 2. The highest BCUT2D eigenvalue weighted by atomic mass is 127. The molecule has 182 valence electrons. The van der Waals surface area contributed by atoms with Crippen LogP contribution in [0.25, 0.3) is 0 Å². The first-order valence-electron chi connectivity index (χ1n) is 11.4. The average Bonchev–Trinajstić information content (AvgIpc) is 2.81. The van der Waals surface area contributed by atoms with Crippen molar-refractivity contribution in [3.8, 4) is 5.75 Å². The summed E-state index contributed by atoms with van der Waals surface area (Å²) in [7, 11) is 0. The zero-order valence-electron chi connectivity index (χ0n) is 19.8. The molecule has 0 bridgehead atoms. The quantitative estimate of drug-likeness (QED) is 0.243. The lowest BCUT2D eigenvalue weighted by Gasteiger charge is -2.28. The normalized spacial score (nSPS) is 15.1. The highest BCUT2D eigenvalue weighted by Crippen LogP contribution is 2.20. The molecule has 7 nitrogen and oxygen atoms in total. The molecule has 0 aromatic heterocycles. The summed E-state index contributed by atoms with van der Waals surface area (Å²) >= 11 is 0. The predicted molar refractivity (Wildman–Crippen MR) is 145 cm³/mol. The summed E-state index contributed by atoms with van der Waals surface area (Å²) in [6.45, 7) is 11.1. The minimum Gasteiger partial charge on any atom is -0.491 e. The van der Waals surface area contributed by atoms with E-state index in [9.17, 15) is 5.11 Å². The van der Waals surface area contributed by atoms with E-state index in [0.717, 1.165) is 49.7 Å². The van der Waals surface area contributed by atoms with Crippen LogP contribution in [0.5, 0.6) is 5.75 Å². The molecule has 1 aliphatic heterocycles. The molecular formula is C25H37IN4O3. The number of aliphatic hydroxyl groups is 1. The summed E-state index contributed by atoms with van der Waals surface area (Å²) in [5.41, 5.74) is 3.17. The minimum absolute atomic E-state index is 0. The van der Waals surface area contributed by atoms with Crippen LogP contribution in [-0.4, -0.2) is 56.6 Å². The molecule has 0 saturated carbocycles. The first-order valence-corrected chi connectivity index (χ1v) is 11.4. The van der Waals surface area contributed by atoms with Gasteiger partial charge < -0.3 is 30.1 Å². The number of hydrogen-bond acceptors (Lipinski definition) is 5. The summed E-state index contributed by atoms with van der Waals surface area (Å²) < 4.78 is 11.2. The van der Waals surface area contributed by atoms with E-state index in [1.807, 2.05) is 45.0 Å². The van der Waals surface area contributed by atoms with Gasteiger partial charge in [0, 0.05) is 31.9 Å². The van der Waals surface area contributed by atoms with Crippen molar-refractivity contribution in [2.45, 2.75) is 39.5 Å². The fourth-order valence-electron chi connectivity index (χ4n) is 3.52. The van der Waals surface area contributed by atoms with Crippen LogP contribution >= 0.6 is 24.0 Å². The van der Waals surface area contributed by atoms with Gasteiger partial charge in [0.15, 0.2) is 5.96 Å². The van der Waals surface area contributed by atoms with Crippen LogP contribution in [0.4, 0.5) is 5.69 Å². The number of ether oxygens (including phenoxy) is 2. The summed E-state index contributed by atoms with van der Waals surface area (Å²) in [6.07, 6.45) is -0.571. The highest BCUT2D eigenvalue weighted by Gasteiger charge is 2.12. The molecule has 0 aliphatic carbocycles. The van der Waals surface area contributed by atoms with Gasteiger partial charge in [-0.1, -0.05) is 24.3 Å². The molecule has 0 spiro atoms. The maximum atomic E-state index is 10.6. The Labute approximate surface area is 214 Å². The van der Waals surface area contributed by atoms with E-state index in [0.29, 0.717) is 19.0 Å². The van der Waals surface area contributed by atoms with E-state index in [1.165, 1.54) is 5.69 Å². The highest BCUT2D eigenvalue weighted by molar-refractivity contribution is 14.0. The van der Waals surface area contributed by atoms with Crippen molar-refractivity contribution in [1.82, 2.24) is 10.6 Å². The third-order valence-corrected chi connectivity index (χ3v) is 5.15. The lowest BCUT2D eigenvalue weighted by atomic mass is 10.1. The molecule has 1 aliphatic rings. The number of halogens is 1. The van der Waals surface area contributed by atoms with Gasteiger partial charge in [-0.25, -0.2) is 4.99 Å². The minimum atomic E-state index is -0.664. The molecule has 2 aromatic rings. The van der Waals surface area contributed by atoms with Crippen molar-refractivity contribution >= 4 is 35.6 Å². The van der Waals surface area contributed by atoms with E-state index < -0.39 is 6.10 Å². The molecule has 1 heterocycles. The van der Waals surface area contributed by atoms with Gasteiger partial charge in [-0.2, -0.15) is 0 Å². The Hall–Kier alpha value is -2.04. The largest absolute Gasteiger partial charge is 0.491 e. The van der Waals surface area contributed by atoms with Gasteiger partial charge >= 0.3 is 0 Å². The summed E-state index contributed by atoms with van der Waals surface area (Å²) in [5.74, 6) is 1.44. The summed E-state index contributed by atoms with van der Waals surface area (Å²) in [6, 6.07) is 16.1. The van der Waals surface area contributed by atoms with Crippen LogP contribution in [0, 0.1) is 0 Å². The van der Waals surface area contributed by atoms with Crippen LogP contribution in [0.15, 0.2) is 53.5 Å². The molecule has 1 fully saturated rings. The topological polar surface area (TPSA) is 78.4 Å². The van der Waals surface area contributed by atoms with Gasteiger partial charge in [-0.05, 0) is 56.2 Å². The van der Waals surface area contributed by atoms with Gasteiger partial charge in [0.25, 0.3) is 0 Å². The van der Waals surface area contributed by atoms with Gasteiger partial charge in [0.1, 0.15) is 5.75 Å². The molecule has 1 unspecified atom stereocenters. The number of rotatable bonds is 9. The van der Waals surface area contributed by atoms with E-state index in [1.54, 1.807) is 0 Å². The molecule has 0 amide bonds. The predicted octanol–water partition coefficient (Wildman–Crippen LogP) is 3.72. The SMILES string of the molecule is CCNC(=NCc1ccc(N2CCOCC2)cc1)NCC(O)c1cccc(OC(C)C)c1.I. The molecule has 8 heteroatoms. The number of nitrogens with zero attached hydrogens (tertiary/aromatic N) is 2. The van der Waals surface area contributed by atoms with Crippen molar-refractivity contribution < 1.29 is 14.6 Å². The Morgan fingerprint density at radius 2 is 1.85 bits per heavy atom. The van der Waals surface area contributed by atoms with E-state index in [-0.39, 0.29) is 30.1 Å². The average molecular weight is 569 g/mol. The maximum absolute atomic E-state index is 10.6. The molecule has 33 heavy (non-hydrogen) atoms. The first kappa shape index (κ1) is 27.2. The van der Waals surface area contributed by atoms with Crippen molar-refractivity contribution in [2.24, 2.45) is 4.99 Å². The number of guanidine groups is 1. The van der Waals surface area contributed by atoms with Gasteiger partial charge in [-0.15, -0.1) is 24.0 Å². The first-order chi connectivity index (χ1) is 15.5. The second-order valence-corrected chi connectivity index (χ2v) is 8.10. The maximum Gasteiger partial charge on any atom is 0.191 e. The standard InChI is InChI=1S/C25H36N4O3.HI/c1-4-26-25(28-18-24(30)21-6-5-7-23(16-21)32-19(2)3)27-17-20-8-10-22(11-9-20)29-12-14-31-15-13-29;/h5-11,16,19,24,30H,4,12-15,17-18H2,1-3H3,(H2,26,27,28);1H. The van der Waals surface area contributed by atoms with Crippen LogP contribution in [0.3, 0.4) is 0 Å². The lowest BCUT2D eigenvalue weighted by molar-refractivity contribution is 0.122. The number of aliphatic imine (C=N–C) groups is 1.